The zero-order valence-corrected chi connectivity index (χ0v) is 14.4. The van der Waals surface area contributed by atoms with Crippen LogP contribution in [-0.2, 0) is 19.5 Å². The van der Waals surface area contributed by atoms with Crippen LogP contribution in [0.15, 0.2) is 27.7 Å². The number of aromatic nitrogens is 3. The SMILES string of the molecule is CC(C)c1nc2c(c(=O)[nH]1)CN(Cc1ccncc1Br)CC2. The molecule has 22 heavy (non-hydrogen) atoms. The molecule has 2 aromatic rings. The van der Waals surface area contributed by atoms with Gasteiger partial charge in [-0.15, -0.1) is 0 Å². The molecular weight excluding hydrogens is 344 g/mol. The Kier molecular flexibility index (Phi) is 4.40. The normalized spacial score (nSPS) is 15.1. The standard InChI is InChI=1S/C16H19BrN4O/c1-10(2)15-19-14-4-6-21(9-12(14)16(22)20-15)8-11-3-5-18-7-13(11)17/h3,5,7,10H,4,6,8-9H2,1-2H3,(H,19,20,22). The first-order valence-corrected chi connectivity index (χ1v) is 8.26. The molecule has 0 saturated carbocycles. The molecule has 0 spiro atoms. The minimum Gasteiger partial charge on any atom is -0.310 e. The molecule has 0 aromatic carbocycles. The van der Waals surface area contributed by atoms with Crippen LogP contribution >= 0.6 is 15.9 Å². The molecule has 2 aromatic heterocycles. The fourth-order valence-electron chi connectivity index (χ4n) is 2.68. The van der Waals surface area contributed by atoms with Gasteiger partial charge in [0.05, 0.1) is 11.3 Å². The number of halogens is 1. The molecule has 0 aliphatic carbocycles. The van der Waals surface area contributed by atoms with Crippen LogP contribution in [0.1, 0.15) is 42.4 Å². The Morgan fingerprint density at radius 1 is 1.45 bits per heavy atom. The van der Waals surface area contributed by atoms with E-state index in [-0.39, 0.29) is 11.5 Å². The molecule has 3 rings (SSSR count). The van der Waals surface area contributed by atoms with Gasteiger partial charge >= 0.3 is 0 Å². The minimum absolute atomic E-state index is 0.00666. The minimum atomic E-state index is 0.00666. The molecule has 0 unspecified atom stereocenters. The summed E-state index contributed by atoms with van der Waals surface area (Å²) in [6.07, 6.45) is 4.42. The summed E-state index contributed by atoms with van der Waals surface area (Å²) in [7, 11) is 0. The third-order valence-corrected chi connectivity index (χ3v) is 4.68. The average Bonchev–Trinajstić information content (AvgIpc) is 2.50. The maximum absolute atomic E-state index is 12.3. The van der Waals surface area contributed by atoms with E-state index in [0.29, 0.717) is 6.54 Å². The topological polar surface area (TPSA) is 61.9 Å². The van der Waals surface area contributed by atoms with Crippen molar-refractivity contribution in [3.05, 3.63) is 55.9 Å². The largest absolute Gasteiger partial charge is 0.310 e. The molecule has 0 amide bonds. The van der Waals surface area contributed by atoms with Gasteiger partial charge in [0.1, 0.15) is 5.82 Å². The van der Waals surface area contributed by atoms with E-state index in [4.69, 9.17) is 0 Å². The summed E-state index contributed by atoms with van der Waals surface area (Å²) in [6.45, 7) is 6.44. The maximum Gasteiger partial charge on any atom is 0.255 e. The van der Waals surface area contributed by atoms with Crippen molar-refractivity contribution in [2.45, 2.75) is 39.3 Å². The number of nitrogens with zero attached hydrogens (tertiary/aromatic N) is 3. The summed E-state index contributed by atoms with van der Waals surface area (Å²) in [4.78, 5) is 26.2. The van der Waals surface area contributed by atoms with Gasteiger partial charge in [-0.3, -0.25) is 14.7 Å². The molecule has 1 aliphatic heterocycles. The number of pyridine rings is 1. The fraction of sp³-hybridized carbons (Fsp3) is 0.438. The van der Waals surface area contributed by atoms with Crippen LogP contribution < -0.4 is 5.56 Å². The maximum atomic E-state index is 12.3. The van der Waals surface area contributed by atoms with Crippen LogP contribution in [0.4, 0.5) is 0 Å². The molecule has 116 valence electrons. The van der Waals surface area contributed by atoms with Gasteiger partial charge in [0.25, 0.3) is 5.56 Å². The van der Waals surface area contributed by atoms with Crippen molar-refractivity contribution in [2.75, 3.05) is 6.54 Å². The second-order valence-electron chi connectivity index (χ2n) is 5.96. The highest BCUT2D eigenvalue weighted by atomic mass is 79.9. The van der Waals surface area contributed by atoms with Crippen molar-refractivity contribution < 1.29 is 0 Å². The molecule has 0 fully saturated rings. The highest BCUT2D eigenvalue weighted by Gasteiger charge is 2.22. The lowest BCUT2D eigenvalue weighted by molar-refractivity contribution is 0.241. The summed E-state index contributed by atoms with van der Waals surface area (Å²) < 4.78 is 1.00. The second kappa shape index (κ2) is 6.30. The van der Waals surface area contributed by atoms with Crippen LogP contribution in [0.3, 0.4) is 0 Å². The van der Waals surface area contributed by atoms with E-state index in [1.54, 1.807) is 12.4 Å². The summed E-state index contributed by atoms with van der Waals surface area (Å²) >= 11 is 3.53. The van der Waals surface area contributed by atoms with Crippen molar-refractivity contribution in [3.8, 4) is 0 Å². The molecule has 1 N–H and O–H groups in total. The van der Waals surface area contributed by atoms with Crippen molar-refractivity contribution in [1.29, 1.82) is 0 Å². The summed E-state index contributed by atoms with van der Waals surface area (Å²) in [5, 5.41) is 0. The summed E-state index contributed by atoms with van der Waals surface area (Å²) in [5.41, 5.74) is 2.95. The molecule has 6 heteroatoms. The highest BCUT2D eigenvalue weighted by molar-refractivity contribution is 9.10. The van der Waals surface area contributed by atoms with E-state index in [2.05, 4.69) is 35.8 Å². The Labute approximate surface area is 137 Å². The first-order chi connectivity index (χ1) is 10.5. The Hall–Kier alpha value is -1.53. The Bertz CT molecular complexity index is 741. The van der Waals surface area contributed by atoms with Gasteiger partial charge in [-0.1, -0.05) is 13.8 Å². The van der Waals surface area contributed by atoms with E-state index in [0.717, 1.165) is 41.1 Å². The van der Waals surface area contributed by atoms with E-state index in [9.17, 15) is 4.79 Å². The van der Waals surface area contributed by atoms with Crippen LogP contribution in [0.25, 0.3) is 0 Å². The van der Waals surface area contributed by atoms with Gasteiger partial charge in [-0.25, -0.2) is 4.98 Å². The Morgan fingerprint density at radius 2 is 2.27 bits per heavy atom. The van der Waals surface area contributed by atoms with Gasteiger partial charge in [-0.05, 0) is 27.6 Å². The Morgan fingerprint density at radius 3 is 3.00 bits per heavy atom. The highest BCUT2D eigenvalue weighted by Crippen LogP contribution is 2.21. The Balaban J connectivity index is 1.82. The van der Waals surface area contributed by atoms with E-state index < -0.39 is 0 Å². The van der Waals surface area contributed by atoms with Gasteiger partial charge in [0.2, 0.25) is 0 Å². The molecule has 0 bridgehead atoms. The lowest BCUT2D eigenvalue weighted by Crippen LogP contribution is -2.36. The monoisotopic (exact) mass is 362 g/mol. The fourth-order valence-corrected chi connectivity index (χ4v) is 3.06. The molecule has 3 heterocycles. The predicted octanol–water partition coefficient (Wildman–Crippen LogP) is 2.61. The molecule has 1 aliphatic rings. The molecule has 5 nitrogen and oxygen atoms in total. The van der Waals surface area contributed by atoms with Crippen LogP contribution in [0.2, 0.25) is 0 Å². The second-order valence-corrected chi connectivity index (χ2v) is 6.81. The average molecular weight is 363 g/mol. The predicted molar refractivity (Wildman–Crippen MR) is 88.7 cm³/mol. The lowest BCUT2D eigenvalue weighted by atomic mass is 10.1. The van der Waals surface area contributed by atoms with E-state index in [1.165, 1.54) is 5.56 Å². The molecule has 0 atom stereocenters. The van der Waals surface area contributed by atoms with Crippen molar-refractivity contribution in [2.24, 2.45) is 0 Å². The number of nitrogens with one attached hydrogen (secondary N) is 1. The number of aromatic amines is 1. The first-order valence-electron chi connectivity index (χ1n) is 7.47. The van der Waals surface area contributed by atoms with Gasteiger partial charge in [0, 0.05) is 48.8 Å². The molecular formula is C16H19BrN4O. The van der Waals surface area contributed by atoms with Gasteiger partial charge in [-0.2, -0.15) is 0 Å². The summed E-state index contributed by atoms with van der Waals surface area (Å²) in [6, 6.07) is 2.00. The van der Waals surface area contributed by atoms with Crippen LogP contribution in [-0.4, -0.2) is 26.4 Å². The third-order valence-electron chi connectivity index (χ3n) is 3.96. The molecule has 0 radical (unpaired) electrons. The quantitative estimate of drug-likeness (QED) is 0.911. The number of hydrogen-bond donors (Lipinski definition) is 1. The van der Waals surface area contributed by atoms with E-state index in [1.807, 2.05) is 19.9 Å². The zero-order chi connectivity index (χ0) is 15.7. The van der Waals surface area contributed by atoms with Gasteiger partial charge in [0.15, 0.2) is 0 Å². The number of H-pyrrole nitrogens is 1. The van der Waals surface area contributed by atoms with Crippen LogP contribution in [0.5, 0.6) is 0 Å². The first kappa shape index (κ1) is 15.4. The summed E-state index contributed by atoms with van der Waals surface area (Å²) in [5.74, 6) is 1.03. The van der Waals surface area contributed by atoms with Crippen LogP contribution in [0, 0.1) is 0 Å². The number of rotatable bonds is 3. The number of fused-ring (bicyclic) bond motifs is 1. The smallest absolute Gasteiger partial charge is 0.255 e. The van der Waals surface area contributed by atoms with E-state index >= 15 is 0 Å². The zero-order valence-electron chi connectivity index (χ0n) is 12.8. The lowest BCUT2D eigenvalue weighted by Gasteiger charge is -2.28. The third kappa shape index (κ3) is 3.13. The van der Waals surface area contributed by atoms with Crippen molar-refractivity contribution in [3.63, 3.8) is 0 Å². The van der Waals surface area contributed by atoms with Gasteiger partial charge < -0.3 is 4.98 Å². The van der Waals surface area contributed by atoms with Crippen molar-refractivity contribution in [1.82, 2.24) is 19.9 Å². The number of hydrogen-bond acceptors (Lipinski definition) is 4. The molecule has 0 saturated heterocycles. The van der Waals surface area contributed by atoms with Crippen molar-refractivity contribution >= 4 is 15.9 Å².